The van der Waals surface area contributed by atoms with E-state index in [9.17, 15) is 9.90 Å². The zero-order chi connectivity index (χ0) is 10.8. The fraction of sp³-hybridized carbons (Fsp3) is 0.500. The van der Waals surface area contributed by atoms with Gasteiger partial charge in [-0.3, -0.25) is 4.79 Å². The molecule has 15 heavy (non-hydrogen) atoms. The van der Waals surface area contributed by atoms with Crippen LogP contribution in [0.5, 0.6) is 5.88 Å². The lowest BCUT2D eigenvalue weighted by Gasteiger charge is -2.09. The van der Waals surface area contributed by atoms with Gasteiger partial charge < -0.3 is 9.84 Å². The SMILES string of the molecule is COc1nccnc1C(=O)C(O)C1CC1. The largest absolute Gasteiger partial charge is 0.479 e. The molecule has 1 saturated carbocycles. The number of methoxy groups -OCH3 is 1. The molecule has 1 fully saturated rings. The Kier molecular flexibility index (Phi) is 2.64. The lowest BCUT2D eigenvalue weighted by Crippen LogP contribution is -2.24. The molecule has 1 aromatic rings. The molecule has 0 aromatic carbocycles. The molecule has 1 aromatic heterocycles. The van der Waals surface area contributed by atoms with Gasteiger partial charge in [-0.1, -0.05) is 0 Å². The van der Waals surface area contributed by atoms with E-state index in [0.29, 0.717) is 0 Å². The van der Waals surface area contributed by atoms with Crippen molar-refractivity contribution in [1.82, 2.24) is 9.97 Å². The summed E-state index contributed by atoms with van der Waals surface area (Å²) in [7, 11) is 1.42. The van der Waals surface area contributed by atoms with Crippen LogP contribution in [0.2, 0.25) is 0 Å². The second kappa shape index (κ2) is 3.94. The lowest BCUT2D eigenvalue weighted by molar-refractivity contribution is 0.0694. The molecule has 1 aliphatic carbocycles. The summed E-state index contributed by atoms with van der Waals surface area (Å²) >= 11 is 0. The van der Waals surface area contributed by atoms with Crippen LogP contribution in [0, 0.1) is 5.92 Å². The Labute approximate surface area is 87.1 Å². The molecule has 0 spiro atoms. The van der Waals surface area contributed by atoms with Crippen molar-refractivity contribution in [2.45, 2.75) is 18.9 Å². The third-order valence-electron chi connectivity index (χ3n) is 2.43. The highest BCUT2D eigenvalue weighted by Gasteiger charge is 2.36. The molecule has 0 radical (unpaired) electrons. The zero-order valence-electron chi connectivity index (χ0n) is 8.38. The number of aliphatic hydroxyl groups excluding tert-OH is 1. The fourth-order valence-corrected chi connectivity index (χ4v) is 1.41. The first-order valence-corrected chi connectivity index (χ1v) is 4.81. The summed E-state index contributed by atoms with van der Waals surface area (Å²) in [5.74, 6) is -0.145. The van der Waals surface area contributed by atoms with Crippen LogP contribution < -0.4 is 4.74 Å². The minimum Gasteiger partial charge on any atom is -0.479 e. The molecule has 0 bridgehead atoms. The van der Waals surface area contributed by atoms with Crippen molar-refractivity contribution in [3.8, 4) is 5.88 Å². The van der Waals surface area contributed by atoms with E-state index in [0.717, 1.165) is 12.8 Å². The van der Waals surface area contributed by atoms with Crippen molar-refractivity contribution in [3.63, 3.8) is 0 Å². The molecule has 1 heterocycles. The molecule has 5 heteroatoms. The third-order valence-corrected chi connectivity index (χ3v) is 2.43. The van der Waals surface area contributed by atoms with Gasteiger partial charge in [-0.25, -0.2) is 9.97 Å². The van der Waals surface area contributed by atoms with E-state index in [2.05, 4.69) is 9.97 Å². The molecular weight excluding hydrogens is 196 g/mol. The molecule has 80 valence electrons. The zero-order valence-corrected chi connectivity index (χ0v) is 8.38. The quantitative estimate of drug-likeness (QED) is 0.727. The number of Topliss-reactive ketones (excluding diaryl/α,β-unsaturated/α-hetero) is 1. The van der Waals surface area contributed by atoms with Crippen molar-refractivity contribution in [3.05, 3.63) is 18.1 Å². The molecule has 1 unspecified atom stereocenters. The summed E-state index contributed by atoms with van der Waals surface area (Å²) < 4.78 is 4.91. The lowest BCUT2D eigenvalue weighted by atomic mass is 10.1. The number of hydrogen-bond donors (Lipinski definition) is 1. The maximum Gasteiger partial charge on any atom is 0.243 e. The standard InChI is InChI=1S/C10H12N2O3/c1-15-10-7(11-4-5-12-10)9(14)8(13)6-2-3-6/h4-6,8,13H,2-3H2,1H3. The molecule has 2 rings (SSSR count). The van der Waals surface area contributed by atoms with Gasteiger partial charge in [0.15, 0.2) is 5.69 Å². The number of hydrogen-bond acceptors (Lipinski definition) is 5. The van der Waals surface area contributed by atoms with Crippen molar-refractivity contribution >= 4 is 5.78 Å². The van der Waals surface area contributed by atoms with Crippen LogP contribution in [0.4, 0.5) is 0 Å². The smallest absolute Gasteiger partial charge is 0.243 e. The van der Waals surface area contributed by atoms with Crippen molar-refractivity contribution in [2.24, 2.45) is 5.92 Å². The second-order valence-corrected chi connectivity index (χ2v) is 3.56. The van der Waals surface area contributed by atoms with E-state index in [4.69, 9.17) is 4.74 Å². The van der Waals surface area contributed by atoms with Crippen LogP contribution in [0.1, 0.15) is 23.3 Å². The van der Waals surface area contributed by atoms with E-state index in [-0.39, 0.29) is 17.5 Å². The van der Waals surface area contributed by atoms with Crippen LogP contribution in [0.3, 0.4) is 0 Å². The van der Waals surface area contributed by atoms with Gasteiger partial charge in [-0.2, -0.15) is 0 Å². The Bertz CT molecular complexity index is 377. The average molecular weight is 208 g/mol. The Balaban J connectivity index is 2.23. The van der Waals surface area contributed by atoms with Crippen molar-refractivity contribution in [1.29, 1.82) is 0 Å². The summed E-state index contributed by atoms with van der Waals surface area (Å²) in [6.45, 7) is 0. The predicted octanol–water partition coefficient (Wildman–Crippen LogP) is 0.439. The van der Waals surface area contributed by atoms with Crippen LogP contribution in [-0.4, -0.2) is 34.1 Å². The molecule has 1 N–H and O–H groups in total. The predicted molar refractivity (Wildman–Crippen MR) is 51.6 cm³/mol. The first-order chi connectivity index (χ1) is 7.24. The van der Waals surface area contributed by atoms with Crippen molar-refractivity contribution in [2.75, 3.05) is 7.11 Å². The van der Waals surface area contributed by atoms with Crippen LogP contribution in [0.25, 0.3) is 0 Å². The van der Waals surface area contributed by atoms with Crippen LogP contribution in [-0.2, 0) is 0 Å². The molecule has 0 amide bonds. The summed E-state index contributed by atoms with van der Waals surface area (Å²) in [5, 5.41) is 9.66. The molecule has 5 nitrogen and oxygen atoms in total. The van der Waals surface area contributed by atoms with Gasteiger partial charge >= 0.3 is 0 Å². The summed E-state index contributed by atoms with van der Waals surface area (Å²) in [6, 6.07) is 0. The van der Waals surface area contributed by atoms with Gasteiger partial charge in [0, 0.05) is 12.4 Å². The van der Waals surface area contributed by atoms with Gasteiger partial charge in [0.25, 0.3) is 0 Å². The first kappa shape index (κ1) is 10.0. The van der Waals surface area contributed by atoms with Gasteiger partial charge in [-0.15, -0.1) is 0 Å². The maximum absolute atomic E-state index is 11.8. The number of rotatable bonds is 4. The molecule has 0 aliphatic heterocycles. The number of ether oxygens (including phenoxy) is 1. The minimum absolute atomic E-state index is 0.0872. The molecule has 0 saturated heterocycles. The Morgan fingerprint density at radius 1 is 1.53 bits per heavy atom. The second-order valence-electron chi connectivity index (χ2n) is 3.56. The number of carbonyl (C=O) groups excluding carboxylic acids is 1. The fourth-order valence-electron chi connectivity index (χ4n) is 1.41. The number of nitrogens with zero attached hydrogens (tertiary/aromatic N) is 2. The Hall–Kier alpha value is -1.49. The number of aliphatic hydroxyl groups is 1. The van der Waals surface area contributed by atoms with E-state index in [1.807, 2.05) is 0 Å². The highest BCUT2D eigenvalue weighted by Crippen LogP contribution is 2.34. The number of aromatic nitrogens is 2. The van der Waals surface area contributed by atoms with Gasteiger partial charge in [0.2, 0.25) is 11.7 Å². The van der Waals surface area contributed by atoms with Crippen LogP contribution in [0.15, 0.2) is 12.4 Å². The highest BCUT2D eigenvalue weighted by atomic mass is 16.5. The molecular formula is C10H12N2O3. The maximum atomic E-state index is 11.8. The molecule has 1 aliphatic rings. The Morgan fingerprint density at radius 2 is 2.20 bits per heavy atom. The molecule has 1 atom stereocenters. The third kappa shape index (κ3) is 1.97. The van der Waals surface area contributed by atoms with Crippen molar-refractivity contribution < 1.29 is 14.6 Å². The van der Waals surface area contributed by atoms with Crippen LogP contribution >= 0.6 is 0 Å². The summed E-state index contributed by atoms with van der Waals surface area (Å²) in [5.41, 5.74) is 0.111. The highest BCUT2D eigenvalue weighted by molar-refractivity contribution is 5.99. The normalized spacial score (nSPS) is 17.2. The monoisotopic (exact) mass is 208 g/mol. The summed E-state index contributed by atoms with van der Waals surface area (Å²) in [6.07, 6.45) is 3.69. The van der Waals surface area contributed by atoms with E-state index in [1.54, 1.807) is 0 Å². The van der Waals surface area contributed by atoms with Gasteiger partial charge in [0.1, 0.15) is 6.10 Å². The van der Waals surface area contributed by atoms with E-state index < -0.39 is 11.9 Å². The number of ketones is 1. The van der Waals surface area contributed by atoms with Gasteiger partial charge in [-0.05, 0) is 18.8 Å². The summed E-state index contributed by atoms with van der Waals surface area (Å²) in [4.78, 5) is 19.5. The van der Waals surface area contributed by atoms with E-state index >= 15 is 0 Å². The topological polar surface area (TPSA) is 72.3 Å². The van der Waals surface area contributed by atoms with Gasteiger partial charge in [0.05, 0.1) is 7.11 Å². The minimum atomic E-state index is -0.962. The average Bonchev–Trinajstić information content (AvgIpc) is 3.11. The van der Waals surface area contributed by atoms with E-state index in [1.165, 1.54) is 19.5 Å². The first-order valence-electron chi connectivity index (χ1n) is 4.81. The Morgan fingerprint density at radius 3 is 2.80 bits per heavy atom. The number of carbonyl (C=O) groups is 1.